The fraction of sp³-hybridized carbons (Fsp3) is 0.278. The Morgan fingerprint density at radius 1 is 1.25 bits per heavy atom. The average Bonchev–Trinajstić information content (AvgIpc) is 2.84. The van der Waals surface area contributed by atoms with E-state index >= 15 is 0 Å². The van der Waals surface area contributed by atoms with Gasteiger partial charge in [0.25, 0.3) is 5.56 Å². The number of aromatic nitrogens is 3. The van der Waals surface area contributed by atoms with Crippen LogP contribution in [-0.4, -0.2) is 19.9 Å². The molecule has 0 N–H and O–H groups in total. The van der Waals surface area contributed by atoms with E-state index in [0.717, 1.165) is 17.9 Å². The molecular weight excluding hydrogens is 326 g/mol. The van der Waals surface area contributed by atoms with Crippen molar-refractivity contribution < 1.29 is 4.79 Å². The van der Waals surface area contributed by atoms with Crippen LogP contribution in [-0.2, 0) is 13.1 Å². The minimum absolute atomic E-state index is 0.0294. The molecule has 0 aliphatic rings. The first-order valence-corrected chi connectivity index (χ1v) is 8.14. The molecular formula is C18H18ClN3O2. The van der Waals surface area contributed by atoms with Crippen LogP contribution in [0.25, 0.3) is 10.9 Å². The van der Waals surface area contributed by atoms with Crippen LogP contribution in [0.2, 0.25) is 5.02 Å². The fourth-order valence-corrected chi connectivity index (χ4v) is 3.22. The molecule has 6 heteroatoms. The molecule has 124 valence electrons. The van der Waals surface area contributed by atoms with Crippen LogP contribution in [0, 0.1) is 13.8 Å². The maximum atomic E-state index is 12.6. The summed E-state index contributed by atoms with van der Waals surface area (Å²) < 4.78 is 3.42. The van der Waals surface area contributed by atoms with E-state index in [-0.39, 0.29) is 17.9 Å². The highest BCUT2D eigenvalue weighted by molar-refractivity contribution is 6.31. The molecule has 0 saturated heterocycles. The third kappa shape index (κ3) is 2.76. The summed E-state index contributed by atoms with van der Waals surface area (Å²) in [5.41, 5.74) is 2.90. The van der Waals surface area contributed by atoms with Gasteiger partial charge in [-0.25, -0.2) is 4.98 Å². The second-order valence-corrected chi connectivity index (χ2v) is 6.23. The van der Waals surface area contributed by atoms with Gasteiger partial charge in [0, 0.05) is 28.5 Å². The van der Waals surface area contributed by atoms with E-state index in [1.54, 1.807) is 18.2 Å². The Labute approximate surface area is 144 Å². The summed E-state index contributed by atoms with van der Waals surface area (Å²) in [7, 11) is 0. The van der Waals surface area contributed by atoms with Crippen LogP contribution in [0.1, 0.15) is 28.7 Å². The van der Waals surface area contributed by atoms with Gasteiger partial charge in [0.05, 0.1) is 23.8 Å². The SMILES string of the molecule is CCn1c(C)cc(C(=O)Cn2cnc3cc(Cl)ccc3c2=O)c1C. The van der Waals surface area contributed by atoms with E-state index in [0.29, 0.717) is 21.5 Å². The monoisotopic (exact) mass is 343 g/mol. The zero-order chi connectivity index (χ0) is 17.4. The van der Waals surface area contributed by atoms with Gasteiger partial charge in [-0.1, -0.05) is 11.6 Å². The van der Waals surface area contributed by atoms with Crippen LogP contribution < -0.4 is 5.56 Å². The fourth-order valence-electron chi connectivity index (χ4n) is 3.05. The number of hydrogen-bond donors (Lipinski definition) is 0. The average molecular weight is 344 g/mol. The number of carbonyl (C=O) groups excluding carboxylic acids is 1. The van der Waals surface area contributed by atoms with Crippen LogP contribution in [0.5, 0.6) is 0 Å². The predicted molar refractivity (Wildman–Crippen MR) is 94.9 cm³/mol. The van der Waals surface area contributed by atoms with Crippen molar-refractivity contribution in [2.75, 3.05) is 0 Å². The Kier molecular flexibility index (Phi) is 4.28. The topological polar surface area (TPSA) is 56.9 Å². The van der Waals surface area contributed by atoms with E-state index in [1.165, 1.54) is 10.9 Å². The van der Waals surface area contributed by atoms with Crippen LogP contribution in [0.4, 0.5) is 0 Å². The normalized spacial score (nSPS) is 11.2. The van der Waals surface area contributed by atoms with Crippen molar-refractivity contribution in [3.05, 3.63) is 62.9 Å². The van der Waals surface area contributed by atoms with Gasteiger partial charge in [-0.05, 0) is 45.0 Å². The van der Waals surface area contributed by atoms with E-state index < -0.39 is 0 Å². The zero-order valence-electron chi connectivity index (χ0n) is 13.8. The molecule has 0 atom stereocenters. The lowest BCUT2D eigenvalue weighted by Crippen LogP contribution is -2.25. The van der Waals surface area contributed by atoms with Gasteiger partial charge < -0.3 is 4.57 Å². The lowest BCUT2D eigenvalue weighted by atomic mass is 10.1. The molecule has 0 amide bonds. The van der Waals surface area contributed by atoms with Crippen molar-refractivity contribution >= 4 is 28.3 Å². The van der Waals surface area contributed by atoms with Crippen molar-refractivity contribution in [2.24, 2.45) is 0 Å². The lowest BCUT2D eigenvalue weighted by Gasteiger charge is -2.08. The molecule has 0 aliphatic heterocycles. The molecule has 2 aromatic heterocycles. The number of fused-ring (bicyclic) bond motifs is 1. The molecule has 3 aromatic rings. The van der Waals surface area contributed by atoms with E-state index in [2.05, 4.69) is 9.55 Å². The van der Waals surface area contributed by atoms with Gasteiger partial charge in [0.1, 0.15) is 0 Å². The second kappa shape index (κ2) is 6.24. The van der Waals surface area contributed by atoms with Crippen molar-refractivity contribution in [1.29, 1.82) is 0 Å². The van der Waals surface area contributed by atoms with Gasteiger partial charge >= 0.3 is 0 Å². The molecule has 3 rings (SSSR count). The van der Waals surface area contributed by atoms with Crippen LogP contribution >= 0.6 is 11.6 Å². The van der Waals surface area contributed by atoms with Gasteiger partial charge in [-0.3, -0.25) is 14.2 Å². The highest BCUT2D eigenvalue weighted by atomic mass is 35.5. The van der Waals surface area contributed by atoms with Gasteiger partial charge in [-0.2, -0.15) is 0 Å². The second-order valence-electron chi connectivity index (χ2n) is 5.79. The van der Waals surface area contributed by atoms with Gasteiger partial charge in [0.15, 0.2) is 5.78 Å². The summed E-state index contributed by atoms with van der Waals surface area (Å²) in [4.78, 5) is 29.4. The zero-order valence-corrected chi connectivity index (χ0v) is 14.6. The van der Waals surface area contributed by atoms with Crippen molar-refractivity contribution in [2.45, 2.75) is 33.9 Å². The minimum Gasteiger partial charge on any atom is -0.349 e. The molecule has 0 radical (unpaired) electrons. The molecule has 0 aliphatic carbocycles. The van der Waals surface area contributed by atoms with E-state index in [9.17, 15) is 9.59 Å². The first-order valence-electron chi connectivity index (χ1n) is 7.77. The predicted octanol–water partition coefficient (Wildman–Crippen LogP) is 3.37. The molecule has 0 unspecified atom stereocenters. The van der Waals surface area contributed by atoms with E-state index in [1.807, 2.05) is 26.8 Å². The van der Waals surface area contributed by atoms with Crippen LogP contribution in [0.15, 0.2) is 35.4 Å². The Balaban J connectivity index is 1.98. The summed E-state index contributed by atoms with van der Waals surface area (Å²) in [6, 6.07) is 6.80. The largest absolute Gasteiger partial charge is 0.349 e. The number of ketones is 1. The molecule has 0 saturated carbocycles. The molecule has 24 heavy (non-hydrogen) atoms. The number of carbonyl (C=O) groups is 1. The molecule has 5 nitrogen and oxygen atoms in total. The Morgan fingerprint density at radius 3 is 2.67 bits per heavy atom. The molecule has 0 spiro atoms. The smallest absolute Gasteiger partial charge is 0.261 e. The number of hydrogen-bond acceptors (Lipinski definition) is 3. The summed E-state index contributed by atoms with van der Waals surface area (Å²) >= 11 is 5.92. The number of rotatable bonds is 4. The third-order valence-corrected chi connectivity index (χ3v) is 4.53. The molecule has 0 fully saturated rings. The number of aryl methyl sites for hydroxylation is 1. The first-order chi connectivity index (χ1) is 11.4. The highest BCUT2D eigenvalue weighted by Crippen LogP contribution is 2.17. The van der Waals surface area contributed by atoms with Crippen molar-refractivity contribution in [3.63, 3.8) is 0 Å². The molecule has 2 heterocycles. The van der Waals surface area contributed by atoms with Crippen LogP contribution in [0.3, 0.4) is 0 Å². The Hall–Kier alpha value is -2.40. The quantitative estimate of drug-likeness (QED) is 0.682. The summed E-state index contributed by atoms with van der Waals surface area (Å²) in [5, 5.41) is 0.976. The van der Waals surface area contributed by atoms with Gasteiger partial charge in [0.2, 0.25) is 0 Å². The number of Topliss-reactive ketones (excluding diaryl/α,β-unsaturated/α-hetero) is 1. The Morgan fingerprint density at radius 2 is 2.00 bits per heavy atom. The molecule has 0 bridgehead atoms. The lowest BCUT2D eigenvalue weighted by molar-refractivity contribution is 0.0970. The summed E-state index contributed by atoms with van der Waals surface area (Å²) in [6.45, 7) is 6.71. The van der Waals surface area contributed by atoms with Crippen molar-refractivity contribution in [1.82, 2.24) is 14.1 Å². The number of halogens is 1. The maximum absolute atomic E-state index is 12.6. The molecule has 1 aromatic carbocycles. The number of nitrogens with zero attached hydrogens (tertiary/aromatic N) is 3. The highest BCUT2D eigenvalue weighted by Gasteiger charge is 2.16. The summed E-state index contributed by atoms with van der Waals surface area (Å²) in [5.74, 6) is -0.0972. The third-order valence-electron chi connectivity index (χ3n) is 4.29. The minimum atomic E-state index is -0.241. The Bertz CT molecular complexity index is 1000. The standard InChI is InChI=1S/C18H18ClN3O2/c1-4-22-11(2)7-15(12(22)3)17(23)9-21-10-20-16-8-13(19)5-6-14(16)18(21)24/h5-8,10H,4,9H2,1-3H3. The summed E-state index contributed by atoms with van der Waals surface area (Å²) in [6.07, 6.45) is 1.40. The van der Waals surface area contributed by atoms with Gasteiger partial charge in [-0.15, -0.1) is 0 Å². The first kappa shape index (κ1) is 16.5. The van der Waals surface area contributed by atoms with Crippen molar-refractivity contribution in [3.8, 4) is 0 Å². The maximum Gasteiger partial charge on any atom is 0.261 e. The van der Waals surface area contributed by atoms with E-state index in [4.69, 9.17) is 11.6 Å². The number of benzene rings is 1.